The van der Waals surface area contributed by atoms with E-state index in [2.05, 4.69) is 0 Å². The number of likely N-dealkylation sites (N-methyl/N-ethyl adjacent to an activating group) is 1. The van der Waals surface area contributed by atoms with Crippen LogP contribution in [-0.4, -0.2) is 75.0 Å². The third kappa shape index (κ3) is 3.04. The van der Waals surface area contributed by atoms with Crippen LogP contribution in [0, 0.1) is 0 Å². The standard InChI is InChI=1S/C13H22N2O5/c1-14(8-13(20)4-2-3-5-13)12(19)15-7-9(16)6-10(15)11(17)18/h9-10,16,20H,2-8H2,1H3,(H,17,18)/t9-,10+/m1/s1. The van der Waals surface area contributed by atoms with E-state index in [1.165, 1.54) is 9.80 Å². The van der Waals surface area contributed by atoms with E-state index in [1.54, 1.807) is 7.05 Å². The minimum Gasteiger partial charge on any atom is -0.480 e. The molecule has 0 aromatic rings. The summed E-state index contributed by atoms with van der Waals surface area (Å²) >= 11 is 0. The number of amides is 2. The second-order valence-electron chi connectivity index (χ2n) is 5.97. The normalized spacial score (nSPS) is 28.6. The predicted octanol–water partition coefficient (Wildman–Crippen LogP) is -0.137. The van der Waals surface area contributed by atoms with E-state index in [1.807, 2.05) is 0 Å². The minimum absolute atomic E-state index is 0.0264. The zero-order chi connectivity index (χ0) is 14.9. The van der Waals surface area contributed by atoms with Crippen molar-refractivity contribution in [2.75, 3.05) is 20.1 Å². The first-order chi connectivity index (χ1) is 9.32. The molecule has 2 fully saturated rings. The van der Waals surface area contributed by atoms with Crippen molar-refractivity contribution in [3.8, 4) is 0 Å². The Bertz CT molecular complexity index is 394. The van der Waals surface area contributed by atoms with Gasteiger partial charge in [0.1, 0.15) is 6.04 Å². The molecule has 2 rings (SSSR count). The van der Waals surface area contributed by atoms with Crippen molar-refractivity contribution in [1.82, 2.24) is 9.80 Å². The smallest absolute Gasteiger partial charge is 0.326 e. The lowest BCUT2D eigenvalue weighted by Gasteiger charge is -2.32. The van der Waals surface area contributed by atoms with E-state index in [0.29, 0.717) is 12.8 Å². The van der Waals surface area contributed by atoms with Gasteiger partial charge in [-0.2, -0.15) is 0 Å². The van der Waals surface area contributed by atoms with Crippen molar-refractivity contribution in [1.29, 1.82) is 0 Å². The number of nitrogens with zero attached hydrogens (tertiary/aromatic N) is 2. The van der Waals surface area contributed by atoms with Gasteiger partial charge in [-0.25, -0.2) is 9.59 Å². The first-order valence-corrected chi connectivity index (χ1v) is 6.97. The average Bonchev–Trinajstić information content (AvgIpc) is 2.94. The molecule has 0 aromatic carbocycles. The van der Waals surface area contributed by atoms with Gasteiger partial charge in [0, 0.05) is 20.0 Å². The Hall–Kier alpha value is -1.34. The van der Waals surface area contributed by atoms with Crippen LogP contribution in [0.1, 0.15) is 32.1 Å². The Morgan fingerprint density at radius 2 is 1.95 bits per heavy atom. The molecular formula is C13H22N2O5. The SMILES string of the molecule is CN(CC1(O)CCCC1)C(=O)N1C[C@H](O)C[C@H]1C(=O)O. The highest BCUT2D eigenvalue weighted by molar-refractivity contribution is 5.83. The molecule has 0 radical (unpaired) electrons. The highest BCUT2D eigenvalue weighted by Gasteiger charge is 2.41. The molecule has 1 aliphatic heterocycles. The number of aliphatic carboxylic acids is 1. The summed E-state index contributed by atoms with van der Waals surface area (Å²) in [4.78, 5) is 26.0. The maximum absolute atomic E-state index is 12.3. The lowest BCUT2D eigenvalue weighted by atomic mass is 10.0. The minimum atomic E-state index is -1.11. The summed E-state index contributed by atoms with van der Waals surface area (Å²) in [5.41, 5.74) is -0.860. The number of urea groups is 1. The highest BCUT2D eigenvalue weighted by atomic mass is 16.4. The van der Waals surface area contributed by atoms with E-state index in [4.69, 9.17) is 5.11 Å². The first-order valence-electron chi connectivity index (χ1n) is 6.97. The molecule has 1 heterocycles. The molecule has 20 heavy (non-hydrogen) atoms. The number of hydrogen-bond acceptors (Lipinski definition) is 4. The monoisotopic (exact) mass is 286 g/mol. The lowest BCUT2D eigenvalue weighted by Crippen LogP contribution is -2.50. The number of likely N-dealkylation sites (tertiary alicyclic amines) is 1. The number of carbonyl (C=O) groups is 2. The van der Waals surface area contributed by atoms with Crippen LogP contribution in [0.3, 0.4) is 0 Å². The fourth-order valence-electron chi connectivity index (χ4n) is 3.18. The van der Waals surface area contributed by atoms with Gasteiger partial charge in [0.05, 0.1) is 18.2 Å². The summed E-state index contributed by atoms with van der Waals surface area (Å²) in [5.74, 6) is -1.11. The van der Waals surface area contributed by atoms with Gasteiger partial charge in [0.15, 0.2) is 0 Å². The van der Waals surface area contributed by atoms with Crippen molar-refractivity contribution in [2.45, 2.75) is 49.9 Å². The van der Waals surface area contributed by atoms with Gasteiger partial charge in [-0.1, -0.05) is 12.8 Å². The van der Waals surface area contributed by atoms with Gasteiger partial charge in [-0.15, -0.1) is 0 Å². The lowest BCUT2D eigenvalue weighted by molar-refractivity contribution is -0.141. The number of β-amino-alcohol motifs (C(OH)–C–C–N with tert-alkyl or cyclic N) is 1. The Morgan fingerprint density at radius 1 is 1.35 bits per heavy atom. The Morgan fingerprint density at radius 3 is 2.50 bits per heavy atom. The fourth-order valence-corrected chi connectivity index (χ4v) is 3.18. The van der Waals surface area contributed by atoms with Crippen LogP contribution < -0.4 is 0 Å². The number of carboxylic acids is 1. The molecule has 1 saturated carbocycles. The summed E-state index contributed by atoms with van der Waals surface area (Å²) in [6, 6.07) is -1.44. The number of carboxylic acid groups (broad SMARTS) is 1. The predicted molar refractivity (Wildman–Crippen MR) is 70.2 cm³/mol. The molecule has 1 aliphatic carbocycles. The Kier molecular flexibility index (Phi) is 4.19. The van der Waals surface area contributed by atoms with Crippen LogP contribution in [-0.2, 0) is 4.79 Å². The molecule has 0 aromatic heterocycles. The number of hydrogen-bond donors (Lipinski definition) is 3. The molecule has 7 heteroatoms. The van der Waals surface area contributed by atoms with E-state index in [9.17, 15) is 19.8 Å². The van der Waals surface area contributed by atoms with E-state index >= 15 is 0 Å². The molecule has 7 nitrogen and oxygen atoms in total. The van der Waals surface area contributed by atoms with E-state index in [0.717, 1.165) is 12.8 Å². The van der Waals surface area contributed by atoms with E-state index in [-0.39, 0.29) is 19.5 Å². The maximum Gasteiger partial charge on any atom is 0.326 e. The molecule has 0 unspecified atom stereocenters. The quantitative estimate of drug-likeness (QED) is 0.670. The molecule has 114 valence electrons. The largest absolute Gasteiger partial charge is 0.480 e. The maximum atomic E-state index is 12.3. The van der Waals surface area contributed by atoms with Crippen LogP contribution >= 0.6 is 0 Å². The number of aliphatic hydroxyl groups is 2. The fraction of sp³-hybridized carbons (Fsp3) is 0.846. The van der Waals surface area contributed by atoms with Gasteiger partial charge >= 0.3 is 12.0 Å². The molecule has 1 saturated heterocycles. The van der Waals surface area contributed by atoms with E-state index < -0.39 is 29.7 Å². The topological polar surface area (TPSA) is 101 Å². The third-order valence-corrected chi connectivity index (χ3v) is 4.20. The van der Waals surface area contributed by atoms with Gasteiger partial charge < -0.3 is 25.1 Å². The zero-order valence-electron chi connectivity index (χ0n) is 11.7. The van der Waals surface area contributed by atoms with Crippen molar-refractivity contribution in [3.05, 3.63) is 0 Å². The zero-order valence-corrected chi connectivity index (χ0v) is 11.7. The van der Waals surface area contributed by atoms with Gasteiger partial charge in [-0.05, 0) is 12.8 Å². The van der Waals surface area contributed by atoms with Crippen molar-refractivity contribution >= 4 is 12.0 Å². The van der Waals surface area contributed by atoms with Crippen LogP contribution in [0.15, 0.2) is 0 Å². The van der Waals surface area contributed by atoms with Gasteiger partial charge in [-0.3, -0.25) is 0 Å². The van der Waals surface area contributed by atoms with Gasteiger partial charge in [0.25, 0.3) is 0 Å². The molecule has 3 N–H and O–H groups in total. The summed E-state index contributed by atoms with van der Waals surface area (Å²) in [5, 5.41) is 29.0. The number of aliphatic hydroxyl groups excluding tert-OH is 1. The van der Waals surface area contributed by atoms with Crippen molar-refractivity contribution in [3.63, 3.8) is 0 Å². The summed E-state index contributed by atoms with van der Waals surface area (Å²) in [6.45, 7) is 0.226. The second-order valence-corrected chi connectivity index (χ2v) is 5.97. The molecular weight excluding hydrogens is 264 g/mol. The summed E-state index contributed by atoms with van der Waals surface area (Å²) in [6.07, 6.45) is 2.46. The highest BCUT2D eigenvalue weighted by Crippen LogP contribution is 2.30. The number of rotatable bonds is 3. The van der Waals surface area contributed by atoms with Crippen molar-refractivity contribution < 1.29 is 24.9 Å². The van der Waals surface area contributed by atoms with Crippen LogP contribution in [0.25, 0.3) is 0 Å². The van der Waals surface area contributed by atoms with Crippen molar-refractivity contribution in [2.24, 2.45) is 0 Å². The molecule has 2 atom stereocenters. The molecule has 0 bridgehead atoms. The number of carbonyl (C=O) groups excluding carboxylic acids is 1. The van der Waals surface area contributed by atoms with Crippen LogP contribution in [0.5, 0.6) is 0 Å². The first kappa shape index (κ1) is 15.1. The third-order valence-electron chi connectivity index (χ3n) is 4.20. The van der Waals surface area contributed by atoms with Gasteiger partial charge in [0.2, 0.25) is 0 Å². The Labute approximate surface area is 117 Å². The van der Waals surface area contributed by atoms with Crippen LogP contribution in [0.4, 0.5) is 4.79 Å². The average molecular weight is 286 g/mol. The summed E-state index contributed by atoms with van der Waals surface area (Å²) in [7, 11) is 1.56. The summed E-state index contributed by atoms with van der Waals surface area (Å²) < 4.78 is 0. The Balaban J connectivity index is 2.00. The molecule has 0 spiro atoms. The second kappa shape index (κ2) is 5.57. The molecule has 2 amide bonds. The molecule has 2 aliphatic rings. The van der Waals surface area contributed by atoms with Crippen LogP contribution in [0.2, 0.25) is 0 Å².